The van der Waals surface area contributed by atoms with Gasteiger partial charge in [-0.05, 0) is 35.0 Å². The fraction of sp³-hybridized carbons (Fsp3) is 0.0909. The Morgan fingerprint density at radius 1 is 1.30 bits per heavy atom. The van der Waals surface area contributed by atoms with Crippen molar-refractivity contribution in [2.24, 2.45) is 0 Å². The van der Waals surface area contributed by atoms with Crippen molar-refractivity contribution in [2.45, 2.75) is 6.92 Å². The van der Waals surface area contributed by atoms with Crippen LogP contribution in [0.15, 0.2) is 36.2 Å². The van der Waals surface area contributed by atoms with Crippen LogP contribution < -0.4 is 5.32 Å². The topological polar surface area (TPSA) is 107 Å². The summed E-state index contributed by atoms with van der Waals surface area (Å²) in [6.45, 7) is 1.71. The highest BCUT2D eigenvalue weighted by atomic mass is 79.9. The first-order valence-electron chi connectivity index (χ1n) is 5.46. The maximum Gasteiger partial charge on any atom is 0.323 e. The van der Waals surface area contributed by atoms with E-state index in [-0.39, 0.29) is 17.7 Å². The first kappa shape index (κ1) is 12.6. The first-order valence-corrected chi connectivity index (χ1v) is 6.25. The number of amides is 1. The van der Waals surface area contributed by atoms with Crippen molar-refractivity contribution in [1.29, 1.82) is 0 Å². The van der Waals surface area contributed by atoms with Gasteiger partial charge in [-0.2, -0.15) is 0 Å². The molecule has 0 saturated carbocycles. The largest absolute Gasteiger partial charge is 0.444 e. The van der Waals surface area contributed by atoms with Crippen LogP contribution in [0.3, 0.4) is 0 Å². The second kappa shape index (κ2) is 4.93. The zero-order chi connectivity index (χ0) is 14.1. The lowest BCUT2D eigenvalue weighted by Gasteiger charge is -1.94. The summed E-state index contributed by atoms with van der Waals surface area (Å²) in [4.78, 5) is 11.8. The van der Waals surface area contributed by atoms with Gasteiger partial charge in [0.25, 0.3) is 11.8 Å². The number of carbonyl (C=O) groups is 1. The van der Waals surface area contributed by atoms with Crippen molar-refractivity contribution < 1.29 is 18.2 Å². The number of halogens is 1. The molecule has 0 aliphatic rings. The van der Waals surface area contributed by atoms with Crippen LogP contribution in [0.25, 0.3) is 11.7 Å². The average Bonchev–Trinajstić information content (AvgIpc) is 3.10. The zero-order valence-corrected chi connectivity index (χ0v) is 11.7. The molecule has 102 valence electrons. The molecule has 0 fully saturated rings. The summed E-state index contributed by atoms with van der Waals surface area (Å²) in [6, 6.07) is 4.78. The number of anilines is 1. The van der Waals surface area contributed by atoms with Crippen LogP contribution in [0.1, 0.15) is 16.2 Å². The van der Waals surface area contributed by atoms with E-state index < -0.39 is 5.91 Å². The highest BCUT2D eigenvalue weighted by molar-refractivity contribution is 9.10. The minimum absolute atomic E-state index is 0.0583. The highest BCUT2D eigenvalue weighted by Gasteiger charge is 2.17. The van der Waals surface area contributed by atoms with E-state index >= 15 is 0 Å². The summed E-state index contributed by atoms with van der Waals surface area (Å²) in [5.74, 6) is 0.0737. The summed E-state index contributed by atoms with van der Waals surface area (Å²) in [5, 5.41) is 13.5. The quantitative estimate of drug-likeness (QED) is 0.781. The Morgan fingerprint density at radius 3 is 2.80 bits per heavy atom. The predicted molar refractivity (Wildman–Crippen MR) is 68.9 cm³/mol. The van der Waals surface area contributed by atoms with Gasteiger partial charge in [-0.15, -0.1) is 5.10 Å². The van der Waals surface area contributed by atoms with E-state index in [1.54, 1.807) is 19.1 Å². The lowest BCUT2D eigenvalue weighted by Crippen LogP contribution is -2.11. The minimum atomic E-state index is -0.526. The number of nitrogens with one attached hydrogen (secondary N) is 1. The smallest absolute Gasteiger partial charge is 0.323 e. The molecule has 1 amide bonds. The molecule has 0 aliphatic carbocycles. The molecule has 0 bridgehead atoms. The van der Waals surface area contributed by atoms with Crippen molar-refractivity contribution in [2.75, 3.05) is 5.32 Å². The van der Waals surface area contributed by atoms with Gasteiger partial charge in [0.1, 0.15) is 0 Å². The number of rotatable bonds is 3. The van der Waals surface area contributed by atoms with E-state index in [1.165, 1.54) is 6.07 Å². The number of hydrogen-bond acceptors (Lipinski definition) is 7. The molecule has 9 heteroatoms. The van der Waals surface area contributed by atoms with Crippen LogP contribution in [0, 0.1) is 6.92 Å². The van der Waals surface area contributed by atoms with Gasteiger partial charge in [-0.1, -0.05) is 10.3 Å². The molecule has 20 heavy (non-hydrogen) atoms. The third kappa shape index (κ3) is 2.48. The molecule has 0 aromatic carbocycles. The molecule has 3 rings (SSSR count). The summed E-state index contributed by atoms with van der Waals surface area (Å²) in [5.41, 5.74) is 0.599. The fourth-order valence-corrected chi connectivity index (χ4v) is 1.74. The normalized spacial score (nSPS) is 10.7. The van der Waals surface area contributed by atoms with Crippen molar-refractivity contribution >= 4 is 27.9 Å². The number of aryl methyl sites for hydroxylation is 1. The van der Waals surface area contributed by atoms with Crippen LogP contribution in [0.5, 0.6) is 0 Å². The second-order valence-electron chi connectivity index (χ2n) is 3.80. The van der Waals surface area contributed by atoms with Crippen LogP contribution in [0.2, 0.25) is 0 Å². The SMILES string of the molecule is Cc1cc(C(=O)Nc2nnc(-c3ccc(Br)o3)o2)on1. The van der Waals surface area contributed by atoms with E-state index in [2.05, 4.69) is 36.6 Å². The molecular weight excluding hydrogens is 332 g/mol. The number of nitrogens with zero attached hydrogens (tertiary/aromatic N) is 3. The van der Waals surface area contributed by atoms with Gasteiger partial charge in [-0.3, -0.25) is 10.1 Å². The van der Waals surface area contributed by atoms with Crippen molar-refractivity contribution in [3.05, 3.63) is 34.3 Å². The second-order valence-corrected chi connectivity index (χ2v) is 4.58. The van der Waals surface area contributed by atoms with E-state index in [0.29, 0.717) is 16.1 Å². The van der Waals surface area contributed by atoms with Crippen LogP contribution in [-0.4, -0.2) is 21.3 Å². The molecular formula is C11H7BrN4O4. The third-order valence-corrected chi connectivity index (χ3v) is 2.71. The molecule has 3 heterocycles. The Morgan fingerprint density at radius 2 is 2.15 bits per heavy atom. The summed E-state index contributed by atoms with van der Waals surface area (Å²) < 4.78 is 15.9. The van der Waals surface area contributed by atoms with E-state index in [4.69, 9.17) is 13.4 Å². The molecule has 0 spiro atoms. The van der Waals surface area contributed by atoms with Crippen molar-refractivity contribution in [1.82, 2.24) is 15.4 Å². The number of carbonyl (C=O) groups excluding carboxylic acids is 1. The maximum atomic E-state index is 11.8. The Balaban J connectivity index is 1.76. The first-order chi connectivity index (χ1) is 9.61. The molecule has 0 radical (unpaired) electrons. The van der Waals surface area contributed by atoms with Gasteiger partial charge in [0, 0.05) is 6.07 Å². The minimum Gasteiger partial charge on any atom is -0.444 e. The molecule has 8 nitrogen and oxygen atoms in total. The van der Waals surface area contributed by atoms with Crippen molar-refractivity contribution in [3.8, 4) is 11.7 Å². The molecule has 0 atom stereocenters. The Hall–Kier alpha value is -2.42. The number of aromatic nitrogens is 3. The van der Waals surface area contributed by atoms with Gasteiger partial charge < -0.3 is 13.4 Å². The molecule has 1 N–H and O–H groups in total. The van der Waals surface area contributed by atoms with E-state index in [1.807, 2.05) is 0 Å². The maximum absolute atomic E-state index is 11.8. The fourth-order valence-electron chi connectivity index (χ4n) is 1.43. The Bertz CT molecular complexity index is 760. The van der Waals surface area contributed by atoms with Gasteiger partial charge >= 0.3 is 6.01 Å². The molecule has 0 aliphatic heterocycles. The van der Waals surface area contributed by atoms with Gasteiger partial charge in [0.15, 0.2) is 10.4 Å². The molecule has 3 aromatic rings. The van der Waals surface area contributed by atoms with E-state index in [0.717, 1.165) is 0 Å². The van der Waals surface area contributed by atoms with Gasteiger partial charge in [-0.25, -0.2) is 0 Å². The third-order valence-electron chi connectivity index (χ3n) is 2.28. The molecule has 3 aromatic heterocycles. The predicted octanol–water partition coefficient (Wildman–Crippen LogP) is 2.64. The Labute approximate surface area is 120 Å². The Kier molecular flexibility index (Phi) is 3.11. The van der Waals surface area contributed by atoms with Crippen molar-refractivity contribution in [3.63, 3.8) is 0 Å². The van der Waals surface area contributed by atoms with E-state index in [9.17, 15) is 4.79 Å². The highest BCUT2D eigenvalue weighted by Crippen LogP contribution is 2.24. The summed E-state index contributed by atoms with van der Waals surface area (Å²) in [6.07, 6.45) is 0. The monoisotopic (exact) mass is 338 g/mol. The summed E-state index contributed by atoms with van der Waals surface area (Å²) >= 11 is 3.16. The van der Waals surface area contributed by atoms with Crippen LogP contribution in [-0.2, 0) is 0 Å². The van der Waals surface area contributed by atoms with Gasteiger partial charge in [0.05, 0.1) is 5.69 Å². The standard InChI is InChI=1S/C11H7BrN4O4/c1-5-4-7(20-16-5)9(17)13-11-15-14-10(19-11)6-2-3-8(12)18-6/h2-4H,1H3,(H,13,15,17). The average molecular weight is 339 g/mol. The van der Waals surface area contributed by atoms with Crippen LogP contribution >= 0.6 is 15.9 Å². The number of furan rings is 1. The summed E-state index contributed by atoms with van der Waals surface area (Å²) in [7, 11) is 0. The van der Waals surface area contributed by atoms with Gasteiger partial charge in [0.2, 0.25) is 5.76 Å². The molecule has 0 saturated heterocycles. The zero-order valence-electron chi connectivity index (χ0n) is 10.1. The lowest BCUT2D eigenvalue weighted by atomic mass is 10.4. The number of hydrogen-bond donors (Lipinski definition) is 1. The molecule has 0 unspecified atom stereocenters. The lowest BCUT2D eigenvalue weighted by molar-refractivity contribution is 0.0985. The van der Waals surface area contributed by atoms with Crippen LogP contribution in [0.4, 0.5) is 6.01 Å².